The van der Waals surface area contributed by atoms with Gasteiger partial charge in [0.25, 0.3) is 5.69 Å². The molecule has 0 fully saturated rings. The highest BCUT2D eigenvalue weighted by Crippen LogP contribution is 2.29. The van der Waals surface area contributed by atoms with E-state index >= 15 is 0 Å². The number of nitro groups is 1. The average molecular weight is 214 g/mol. The van der Waals surface area contributed by atoms with Crippen molar-refractivity contribution in [1.82, 2.24) is 0 Å². The lowest BCUT2D eigenvalue weighted by molar-refractivity contribution is -0.384. The van der Waals surface area contributed by atoms with Crippen LogP contribution >= 0.6 is 0 Å². The molecule has 0 amide bonds. The number of phenolic OH excluding ortho intramolecular Hbond substituents is 1. The number of hydrogen-bond donors (Lipinski definition) is 1. The Kier molecular flexibility index (Phi) is 2.55. The summed E-state index contributed by atoms with van der Waals surface area (Å²) in [6.45, 7) is 0. The molecule has 16 heavy (non-hydrogen) atoms. The van der Waals surface area contributed by atoms with E-state index in [0.29, 0.717) is 11.1 Å². The van der Waals surface area contributed by atoms with Gasteiger partial charge in [-0.1, -0.05) is 18.2 Å². The van der Waals surface area contributed by atoms with E-state index < -0.39 is 4.92 Å². The molecule has 0 heterocycles. The molecule has 79 valence electrons. The summed E-state index contributed by atoms with van der Waals surface area (Å²) in [6.07, 6.45) is 0. The third-order valence-corrected chi connectivity index (χ3v) is 2.22. The first-order valence-corrected chi connectivity index (χ1v) is 4.62. The molecular weight excluding hydrogens is 206 g/mol. The standard InChI is InChI=1S/C12H8NO3/c14-10-7-5-9(6-8-10)11-3-1-2-4-12(11)13(15)16/h1,3-8,14H. The van der Waals surface area contributed by atoms with Gasteiger partial charge >= 0.3 is 0 Å². The van der Waals surface area contributed by atoms with E-state index in [1.54, 1.807) is 24.3 Å². The van der Waals surface area contributed by atoms with Gasteiger partial charge < -0.3 is 5.11 Å². The molecule has 0 unspecified atom stereocenters. The van der Waals surface area contributed by atoms with Crippen molar-refractivity contribution in [2.75, 3.05) is 0 Å². The first kappa shape index (κ1) is 10.2. The van der Waals surface area contributed by atoms with E-state index in [4.69, 9.17) is 5.11 Å². The monoisotopic (exact) mass is 214 g/mol. The lowest BCUT2D eigenvalue weighted by Gasteiger charge is -2.02. The summed E-state index contributed by atoms with van der Waals surface area (Å²) in [4.78, 5) is 10.4. The number of aromatic hydroxyl groups is 1. The van der Waals surface area contributed by atoms with Crippen LogP contribution in [0.1, 0.15) is 0 Å². The van der Waals surface area contributed by atoms with Crippen molar-refractivity contribution < 1.29 is 10.0 Å². The maximum atomic E-state index is 10.8. The molecule has 0 bridgehead atoms. The van der Waals surface area contributed by atoms with Crippen molar-refractivity contribution in [1.29, 1.82) is 0 Å². The topological polar surface area (TPSA) is 63.4 Å². The fraction of sp³-hybridized carbons (Fsp3) is 0. The number of phenols is 1. The van der Waals surface area contributed by atoms with Gasteiger partial charge in [-0.15, -0.1) is 0 Å². The molecule has 2 aromatic rings. The van der Waals surface area contributed by atoms with Crippen LogP contribution in [0, 0.1) is 16.2 Å². The lowest BCUT2D eigenvalue weighted by atomic mass is 10.0. The largest absolute Gasteiger partial charge is 0.508 e. The number of hydrogen-bond acceptors (Lipinski definition) is 3. The van der Waals surface area contributed by atoms with Crippen molar-refractivity contribution >= 4 is 5.69 Å². The average Bonchev–Trinajstić information content (AvgIpc) is 2.30. The van der Waals surface area contributed by atoms with Gasteiger partial charge in [0.05, 0.1) is 10.5 Å². The van der Waals surface area contributed by atoms with E-state index in [9.17, 15) is 10.1 Å². The third kappa shape index (κ3) is 1.86. The molecule has 0 saturated heterocycles. The molecule has 4 heteroatoms. The van der Waals surface area contributed by atoms with Gasteiger partial charge in [0, 0.05) is 6.07 Å². The van der Waals surface area contributed by atoms with Gasteiger partial charge in [-0.3, -0.25) is 10.1 Å². The van der Waals surface area contributed by atoms with Crippen molar-refractivity contribution in [2.45, 2.75) is 0 Å². The Bertz CT molecular complexity index is 520. The van der Waals surface area contributed by atoms with Gasteiger partial charge in [-0.2, -0.15) is 0 Å². The molecule has 0 aromatic heterocycles. The first-order chi connectivity index (χ1) is 7.68. The van der Waals surface area contributed by atoms with Crippen LogP contribution in [0.25, 0.3) is 11.1 Å². The van der Waals surface area contributed by atoms with Crippen LogP contribution in [0.15, 0.2) is 42.5 Å². The molecule has 4 nitrogen and oxygen atoms in total. The molecule has 0 aliphatic carbocycles. The molecule has 2 rings (SSSR count). The molecule has 2 aromatic carbocycles. The zero-order valence-corrected chi connectivity index (χ0v) is 8.25. The molecule has 0 aliphatic heterocycles. The Morgan fingerprint density at radius 3 is 2.50 bits per heavy atom. The van der Waals surface area contributed by atoms with Crippen LogP contribution < -0.4 is 0 Å². The van der Waals surface area contributed by atoms with Gasteiger partial charge in [-0.25, -0.2) is 0 Å². The minimum Gasteiger partial charge on any atom is -0.508 e. The third-order valence-electron chi connectivity index (χ3n) is 2.22. The Labute approximate surface area is 91.9 Å². The Balaban J connectivity index is 2.55. The number of nitro benzene ring substituents is 1. The first-order valence-electron chi connectivity index (χ1n) is 4.62. The summed E-state index contributed by atoms with van der Waals surface area (Å²) >= 11 is 0. The van der Waals surface area contributed by atoms with Crippen LogP contribution in [-0.4, -0.2) is 10.0 Å². The second kappa shape index (κ2) is 4.02. The summed E-state index contributed by atoms with van der Waals surface area (Å²) in [5.74, 6) is 0.133. The molecule has 1 radical (unpaired) electrons. The Morgan fingerprint density at radius 1 is 1.19 bits per heavy atom. The van der Waals surface area contributed by atoms with Gasteiger partial charge in [0.1, 0.15) is 5.75 Å². The summed E-state index contributed by atoms with van der Waals surface area (Å²) in [6, 6.07) is 13.5. The molecular formula is C12H8NO3. The predicted molar refractivity (Wildman–Crippen MR) is 59.0 cm³/mol. The number of benzene rings is 2. The van der Waals surface area contributed by atoms with Crippen molar-refractivity contribution in [3.63, 3.8) is 0 Å². The van der Waals surface area contributed by atoms with Crippen LogP contribution in [0.2, 0.25) is 0 Å². The molecule has 0 spiro atoms. The zero-order valence-electron chi connectivity index (χ0n) is 8.25. The highest BCUT2D eigenvalue weighted by Gasteiger charge is 2.13. The van der Waals surface area contributed by atoms with E-state index in [0.717, 1.165) is 0 Å². The van der Waals surface area contributed by atoms with Gasteiger partial charge in [0.2, 0.25) is 0 Å². The van der Waals surface area contributed by atoms with Crippen LogP contribution in [0.3, 0.4) is 0 Å². The highest BCUT2D eigenvalue weighted by molar-refractivity contribution is 5.73. The normalized spacial score (nSPS) is 10.0. The van der Waals surface area contributed by atoms with Crippen molar-refractivity contribution in [2.24, 2.45) is 0 Å². The Morgan fingerprint density at radius 2 is 1.88 bits per heavy atom. The summed E-state index contributed by atoms with van der Waals surface area (Å²) in [7, 11) is 0. The number of rotatable bonds is 2. The van der Waals surface area contributed by atoms with Gasteiger partial charge in [0.15, 0.2) is 0 Å². The maximum absolute atomic E-state index is 10.8. The molecule has 1 N–H and O–H groups in total. The second-order valence-corrected chi connectivity index (χ2v) is 3.25. The molecule has 0 aliphatic rings. The van der Waals surface area contributed by atoms with Crippen LogP contribution in [-0.2, 0) is 0 Å². The smallest absolute Gasteiger partial charge is 0.277 e. The molecule has 0 atom stereocenters. The van der Waals surface area contributed by atoms with E-state index in [1.807, 2.05) is 0 Å². The lowest BCUT2D eigenvalue weighted by Crippen LogP contribution is -1.91. The van der Waals surface area contributed by atoms with Crippen LogP contribution in [0.5, 0.6) is 5.75 Å². The zero-order chi connectivity index (χ0) is 11.5. The summed E-state index contributed by atoms with van der Waals surface area (Å²) < 4.78 is 0. The minimum atomic E-state index is -0.446. The second-order valence-electron chi connectivity index (χ2n) is 3.25. The SMILES string of the molecule is O=[N+]([O-])c1c[c]ccc1-c1ccc(O)cc1. The minimum absolute atomic E-state index is 0.00758. The molecule has 0 saturated carbocycles. The van der Waals surface area contributed by atoms with Gasteiger partial charge in [-0.05, 0) is 29.8 Å². The predicted octanol–water partition coefficient (Wildman–Crippen LogP) is 2.77. The quantitative estimate of drug-likeness (QED) is 0.617. The maximum Gasteiger partial charge on any atom is 0.277 e. The van der Waals surface area contributed by atoms with Crippen molar-refractivity contribution in [3.8, 4) is 16.9 Å². The van der Waals surface area contributed by atoms with Crippen molar-refractivity contribution in [3.05, 3.63) is 58.6 Å². The fourth-order valence-electron chi connectivity index (χ4n) is 1.46. The van der Waals surface area contributed by atoms with Crippen LogP contribution in [0.4, 0.5) is 5.69 Å². The van der Waals surface area contributed by atoms with E-state index in [1.165, 1.54) is 18.2 Å². The fourth-order valence-corrected chi connectivity index (χ4v) is 1.46. The summed E-state index contributed by atoms with van der Waals surface area (Å²) in [5, 5.41) is 19.9. The summed E-state index contributed by atoms with van der Waals surface area (Å²) in [5.41, 5.74) is 1.22. The van der Waals surface area contributed by atoms with E-state index in [2.05, 4.69) is 6.07 Å². The number of nitrogens with zero attached hydrogens (tertiary/aromatic N) is 1. The Hall–Kier alpha value is -2.36. The highest BCUT2D eigenvalue weighted by atomic mass is 16.6. The van der Waals surface area contributed by atoms with E-state index in [-0.39, 0.29) is 11.4 Å².